The predicted octanol–water partition coefficient (Wildman–Crippen LogP) is 1.99. The van der Waals surface area contributed by atoms with E-state index in [0.29, 0.717) is 24.5 Å². The van der Waals surface area contributed by atoms with Gasteiger partial charge in [-0.3, -0.25) is 0 Å². The highest BCUT2D eigenvalue weighted by molar-refractivity contribution is 5.44. The molecule has 1 unspecified atom stereocenters. The number of nitrogens with zero attached hydrogens (tertiary/aromatic N) is 4. The fourth-order valence-electron chi connectivity index (χ4n) is 1.90. The number of anilines is 3. The number of nitrogens with one attached hydrogen (secondary N) is 2. The lowest BCUT2D eigenvalue weighted by atomic mass is 10.2. The van der Waals surface area contributed by atoms with E-state index in [4.69, 9.17) is 4.74 Å². The summed E-state index contributed by atoms with van der Waals surface area (Å²) >= 11 is 0. The van der Waals surface area contributed by atoms with Gasteiger partial charge in [0.15, 0.2) is 0 Å². The first-order valence-electron chi connectivity index (χ1n) is 7.64. The molecule has 0 saturated carbocycles. The molecule has 0 aromatic carbocycles. The number of ether oxygens (including phenoxy) is 1. The standard InChI is InChI=1S/C14H28N6O/c1-6-15-12-17-13(16-11(4)9-10-21-5)19-14(18-12)20(7-2)8-3/h11H,6-10H2,1-5H3,(H2,15,16,17,18,19). The molecule has 2 N–H and O–H groups in total. The van der Waals surface area contributed by atoms with Crippen LogP contribution in [0.5, 0.6) is 0 Å². The Hall–Kier alpha value is -1.63. The van der Waals surface area contributed by atoms with Crippen molar-refractivity contribution in [3.63, 3.8) is 0 Å². The molecule has 0 radical (unpaired) electrons. The van der Waals surface area contributed by atoms with Gasteiger partial charge >= 0.3 is 0 Å². The van der Waals surface area contributed by atoms with Crippen molar-refractivity contribution in [1.29, 1.82) is 0 Å². The lowest BCUT2D eigenvalue weighted by Gasteiger charge is -2.20. The largest absolute Gasteiger partial charge is 0.385 e. The minimum absolute atomic E-state index is 0.242. The van der Waals surface area contributed by atoms with E-state index >= 15 is 0 Å². The maximum atomic E-state index is 5.10. The lowest BCUT2D eigenvalue weighted by molar-refractivity contribution is 0.191. The monoisotopic (exact) mass is 296 g/mol. The van der Waals surface area contributed by atoms with E-state index in [-0.39, 0.29) is 6.04 Å². The first kappa shape index (κ1) is 17.4. The van der Waals surface area contributed by atoms with E-state index in [1.54, 1.807) is 7.11 Å². The number of aromatic nitrogens is 3. The minimum Gasteiger partial charge on any atom is -0.385 e. The first-order chi connectivity index (χ1) is 10.1. The molecule has 1 aromatic heterocycles. The van der Waals surface area contributed by atoms with Crippen molar-refractivity contribution < 1.29 is 4.74 Å². The summed E-state index contributed by atoms with van der Waals surface area (Å²) in [7, 11) is 1.71. The second-order valence-corrected chi connectivity index (χ2v) is 4.81. The molecule has 0 amide bonds. The highest BCUT2D eigenvalue weighted by Gasteiger charge is 2.12. The van der Waals surface area contributed by atoms with E-state index < -0.39 is 0 Å². The van der Waals surface area contributed by atoms with Gasteiger partial charge in [0, 0.05) is 39.4 Å². The maximum Gasteiger partial charge on any atom is 0.231 e. The molecule has 0 spiro atoms. The lowest BCUT2D eigenvalue weighted by Crippen LogP contribution is -2.26. The van der Waals surface area contributed by atoms with E-state index in [9.17, 15) is 0 Å². The van der Waals surface area contributed by atoms with Crippen molar-refractivity contribution >= 4 is 17.8 Å². The van der Waals surface area contributed by atoms with Crippen LogP contribution in [0.15, 0.2) is 0 Å². The summed E-state index contributed by atoms with van der Waals surface area (Å²) in [6.07, 6.45) is 0.902. The highest BCUT2D eigenvalue weighted by atomic mass is 16.5. The third-order valence-corrected chi connectivity index (χ3v) is 3.14. The molecule has 0 aliphatic heterocycles. The summed E-state index contributed by atoms with van der Waals surface area (Å²) < 4.78 is 5.10. The summed E-state index contributed by atoms with van der Waals surface area (Å²) in [5.74, 6) is 1.91. The van der Waals surface area contributed by atoms with Gasteiger partial charge in [-0.2, -0.15) is 15.0 Å². The Kier molecular flexibility index (Phi) is 7.74. The first-order valence-corrected chi connectivity index (χ1v) is 7.64. The molecule has 0 saturated heterocycles. The van der Waals surface area contributed by atoms with Gasteiger partial charge in [-0.15, -0.1) is 0 Å². The molecule has 1 heterocycles. The van der Waals surface area contributed by atoms with Crippen LogP contribution in [0.4, 0.5) is 17.8 Å². The Bertz CT molecular complexity index is 410. The third kappa shape index (κ3) is 5.71. The summed E-state index contributed by atoms with van der Waals surface area (Å²) in [4.78, 5) is 15.5. The summed E-state index contributed by atoms with van der Waals surface area (Å²) in [6.45, 7) is 11.5. The average molecular weight is 296 g/mol. The van der Waals surface area contributed by atoms with Gasteiger partial charge in [0.05, 0.1) is 0 Å². The summed E-state index contributed by atoms with van der Waals surface area (Å²) in [5.41, 5.74) is 0. The minimum atomic E-state index is 0.242. The molecular formula is C14H28N6O. The van der Waals surface area contributed by atoms with Gasteiger partial charge < -0.3 is 20.3 Å². The molecule has 0 aliphatic rings. The van der Waals surface area contributed by atoms with Gasteiger partial charge in [0.25, 0.3) is 0 Å². The zero-order valence-corrected chi connectivity index (χ0v) is 13.8. The second kappa shape index (κ2) is 9.33. The Morgan fingerprint density at radius 2 is 1.76 bits per heavy atom. The molecule has 7 heteroatoms. The number of hydrogen-bond donors (Lipinski definition) is 2. The molecule has 21 heavy (non-hydrogen) atoms. The number of hydrogen-bond acceptors (Lipinski definition) is 7. The Morgan fingerprint density at radius 3 is 2.33 bits per heavy atom. The zero-order valence-electron chi connectivity index (χ0n) is 13.8. The second-order valence-electron chi connectivity index (χ2n) is 4.81. The van der Waals surface area contributed by atoms with E-state index in [1.807, 2.05) is 6.92 Å². The summed E-state index contributed by atoms with van der Waals surface area (Å²) in [6, 6.07) is 0.242. The fourth-order valence-corrected chi connectivity index (χ4v) is 1.90. The van der Waals surface area contributed by atoms with Crippen LogP contribution >= 0.6 is 0 Å². The van der Waals surface area contributed by atoms with Crippen LogP contribution in [0.1, 0.15) is 34.1 Å². The maximum absolute atomic E-state index is 5.10. The van der Waals surface area contributed by atoms with Crippen molar-refractivity contribution in [2.24, 2.45) is 0 Å². The van der Waals surface area contributed by atoms with Crippen LogP contribution in [0.3, 0.4) is 0 Å². The van der Waals surface area contributed by atoms with Crippen molar-refractivity contribution in [1.82, 2.24) is 15.0 Å². The third-order valence-electron chi connectivity index (χ3n) is 3.14. The Labute approximate surface area is 127 Å². The van der Waals surface area contributed by atoms with Gasteiger partial charge in [-0.1, -0.05) is 0 Å². The van der Waals surface area contributed by atoms with Crippen LogP contribution in [0.2, 0.25) is 0 Å². The Morgan fingerprint density at radius 1 is 1.10 bits per heavy atom. The van der Waals surface area contributed by atoms with E-state index in [0.717, 1.165) is 26.1 Å². The number of rotatable bonds is 10. The molecular weight excluding hydrogens is 268 g/mol. The molecule has 0 bridgehead atoms. The average Bonchev–Trinajstić information content (AvgIpc) is 2.46. The van der Waals surface area contributed by atoms with Gasteiger partial charge in [0.2, 0.25) is 17.8 Å². The molecule has 7 nitrogen and oxygen atoms in total. The normalized spacial score (nSPS) is 12.0. The van der Waals surface area contributed by atoms with Crippen molar-refractivity contribution in [3.8, 4) is 0 Å². The quantitative estimate of drug-likeness (QED) is 0.684. The van der Waals surface area contributed by atoms with Crippen LogP contribution in [0, 0.1) is 0 Å². The van der Waals surface area contributed by atoms with Gasteiger partial charge in [0.1, 0.15) is 0 Å². The van der Waals surface area contributed by atoms with Crippen LogP contribution < -0.4 is 15.5 Å². The van der Waals surface area contributed by atoms with Gasteiger partial charge in [-0.05, 0) is 34.1 Å². The molecule has 1 atom stereocenters. The number of methoxy groups -OCH3 is 1. The molecule has 0 fully saturated rings. The predicted molar refractivity (Wildman–Crippen MR) is 87.1 cm³/mol. The molecule has 1 rings (SSSR count). The van der Waals surface area contributed by atoms with Crippen molar-refractivity contribution in [2.45, 2.75) is 40.2 Å². The van der Waals surface area contributed by atoms with Crippen LogP contribution in [-0.4, -0.2) is 54.3 Å². The van der Waals surface area contributed by atoms with Crippen LogP contribution in [-0.2, 0) is 4.74 Å². The summed E-state index contributed by atoms with van der Waals surface area (Å²) in [5, 5.41) is 6.46. The van der Waals surface area contributed by atoms with Crippen molar-refractivity contribution in [2.75, 3.05) is 48.9 Å². The zero-order chi connectivity index (χ0) is 15.7. The van der Waals surface area contributed by atoms with E-state index in [2.05, 4.69) is 51.3 Å². The topological polar surface area (TPSA) is 75.2 Å². The van der Waals surface area contributed by atoms with Gasteiger partial charge in [-0.25, -0.2) is 0 Å². The molecule has 0 aliphatic carbocycles. The van der Waals surface area contributed by atoms with Crippen LogP contribution in [0.25, 0.3) is 0 Å². The Balaban J connectivity index is 2.90. The SMILES string of the molecule is CCNc1nc(NC(C)CCOC)nc(N(CC)CC)n1. The van der Waals surface area contributed by atoms with Crippen molar-refractivity contribution in [3.05, 3.63) is 0 Å². The molecule has 120 valence electrons. The smallest absolute Gasteiger partial charge is 0.231 e. The highest BCUT2D eigenvalue weighted by Crippen LogP contribution is 2.14. The van der Waals surface area contributed by atoms with E-state index in [1.165, 1.54) is 0 Å². The molecule has 1 aromatic rings. The fraction of sp³-hybridized carbons (Fsp3) is 0.786.